The van der Waals surface area contributed by atoms with E-state index in [0.29, 0.717) is 17.9 Å². The largest absolute Gasteiger partial charge is 0.492 e. The number of ether oxygens (including phenoxy) is 2. The maximum Gasteiger partial charge on any atom is 0.137 e. The topological polar surface area (TPSA) is 51.6 Å². The zero-order chi connectivity index (χ0) is 12.2. The van der Waals surface area contributed by atoms with Gasteiger partial charge in [0.1, 0.15) is 11.4 Å². The molecular weight excluding hydrogens is 206 g/mol. The first kappa shape index (κ1) is 12.9. The lowest BCUT2D eigenvalue weighted by Gasteiger charge is -2.29. The van der Waals surface area contributed by atoms with Crippen molar-refractivity contribution in [2.24, 2.45) is 0 Å². The molecule has 0 fully saturated rings. The van der Waals surface area contributed by atoms with E-state index in [2.05, 4.69) is 4.98 Å². The lowest BCUT2D eigenvalue weighted by Crippen LogP contribution is -2.35. The predicted octanol–water partition coefficient (Wildman–Crippen LogP) is 1.72. The van der Waals surface area contributed by atoms with Crippen LogP contribution in [-0.4, -0.2) is 29.9 Å². The fourth-order valence-electron chi connectivity index (χ4n) is 1.41. The summed E-state index contributed by atoms with van der Waals surface area (Å²) in [6.45, 7) is 6.00. The molecule has 0 amide bonds. The number of methoxy groups -OCH3 is 1. The molecule has 4 heteroatoms. The second-order valence-electron chi connectivity index (χ2n) is 3.87. The fourth-order valence-corrected chi connectivity index (χ4v) is 1.41. The Morgan fingerprint density at radius 1 is 1.50 bits per heavy atom. The molecule has 16 heavy (non-hydrogen) atoms. The van der Waals surface area contributed by atoms with Gasteiger partial charge in [0.15, 0.2) is 0 Å². The van der Waals surface area contributed by atoms with Crippen molar-refractivity contribution >= 4 is 0 Å². The number of hydrogen-bond donors (Lipinski definition) is 1. The zero-order valence-corrected chi connectivity index (χ0v) is 10.2. The van der Waals surface area contributed by atoms with E-state index >= 15 is 0 Å². The SMILES string of the molecule is CCOc1cncc(C(C)(O)C(C)OC)c1. The summed E-state index contributed by atoms with van der Waals surface area (Å²) in [6.07, 6.45) is 2.93. The molecule has 0 saturated carbocycles. The molecule has 1 aromatic rings. The average Bonchev–Trinajstić information content (AvgIpc) is 2.28. The molecule has 2 atom stereocenters. The van der Waals surface area contributed by atoms with Crippen molar-refractivity contribution in [3.05, 3.63) is 24.0 Å². The van der Waals surface area contributed by atoms with Crippen LogP contribution in [0.4, 0.5) is 0 Å². The molecule has 0 saturated heterocycles. The van der Waals surface area contributed by atoms with Gasteiger partial charge in [-0.15, -0.1) is 0 Å². The molecule has 0 aliphatic carbocycles. The van der Waals surface area contributed by atoms with Crippen LogP contribution in [0, 0.1) is 0 Å². The van der Waals surface area contributed by atoms with Gasteiger partial charge in [-0.2, -0.15) is 0 Å². The van der Waals surface area contributed by atoms with Crippen molar-refractivity contribution in [1.29, 1.82) is 0 Å². The second-order valence-corrected chi connectivity index (χ2v) is 3.87. The summed E-state index contributed by atoms with van der Waals surface area (Å²) in [5.41, 5.74) is -0.387. The van der Waals surface area contributed by atoms with Gasteiger partial charge in [-0.3, -0.25) is 4.98 Å². The van der Waals surface area contributed by atoms with E-state index in [-0.39, 0.29) is 6.10 Å². The summed E-state index contributed by atoms with van der Waals surface area (Å²) in [4.78, 5) is 4.05. The molecule has 0 radical (unpaired) electrons. The third-order valence-corrected chi connectivity index (χ3v) is 2.75. The summed E-state index contributed by atoms with van der Waals surface area (Å²) in [5, 5.41) is 10.3. The van der Waals surface area contributed by atoms with E-state index in [1.807, 2.05) is 13.8 Å². The number of pyridine rings is 1. The highest BCUT2D eigenvalue weighted by molar-refractivity contribution is 5.28. The Morgan fingerprint density at radius 2 is 2.19 bits per heavy atom. The smallest absolute Gasteiger partial charge is 0.137 e. The van der Waals surface area contributed by atoms with Gasteiger partial charge in [0.05, 0.1) is 18.9 Å². The number of rotatable bonds is 5. The van der Waals surface area contributed by atoms with Gasteiger partial charge in [0.2, 0.25) is 0 Å². The maximum atomic E-state index is 10.3. The minimum Gasteiger partial charge on any atom is -0.492 e. The lowest BCUT2D eigenvalue weighted by atomic mass is 9.92. The lowest BCUT2D eigenvalue weighted by molar-refractivity contribution is -0.0774. The van der Waals surface area contributed by atoms with Gasteiger partial charge in [0.25, 0.3) is 0 Å². The quantitative estimate of drug-likeness (QED) is 0.829. The van der Waals surface area contributed by atoms with Crippen molar-refractivity contribution in [2.75, 3.05) is 13.7 Å². The highest BCUT2D eigenvalue weighted by Crippen LogP contribution is 2.27. The predicted molar refractivity (Wildman–Crippen MR) is 61.4 cm³/mol. The minimum absolute atomic E-state index is 0.314. The summed E-state index contributed by atoms with van der Waals surface area (Å²) in [7, 11) is 1.57. The number of nitrogens with zero attached hydrogens (tertiary/aromatic N) is 1. The molecule has 0 aliphatic rings. The summed E-state index contributed by atoms with van der Waals surface area (Å²) >= 11 is 0. The Balaban J connectivity index is 2.98. The van der Waals surface area contributed by atoms with Crippen LogP contribution < -0.4 is 4.74 Å². The number of aromatic nitrogens is 1. The summed E-state index contributed by atoms with van der Waals surface area (Å²) in [5.74, 6) is 0.656. The first-order chi connectivity index (χ1) is 7.52. The molecule has 2 unspecified atom stereocenters. The van der Waals surface area contributed by atoms with E-state index in [0.717, 1.165) is 0 Å². The maximum absolute atomic E-state index is 10.3. The Hall–Kier alpha value is -1.13. The monoisotopic (exact) mass is 225 g/mol. The van der Waals surface area contributed by atoms with Crippen molar-refractivity contribution in [2.45, 2.75) is 32.5 Å². The third-order valence-electron chi connectivity index (χ3n) is 2.75. The minimum atomic E-state index is -1.07. The van der Waals surface area contributed by atoms with Crippen LogP contribution in [0.2, 0.25) is 0 Å². The third kappa shape index (κ3) is 2.71. The Kier molecular flexibility index (Phi) is 4.26. The highest BCUT2D eigenvalue weighted by Gasteiger charge is 2.31. The van der Waals surface area contributed by atoms with E-state index in [1.165, 1.54) is 0 Å². The number of aliphatic hydroxyl groups is 1. The van der Waals surface area contributed by atoms with Crippen molar-refractivity contribution in [1.82, 2.24) is 4.98 Å². The molecule has 1 aromatic heterocycles. The van der Waals surface area contributed by atoms with Crippen LogP contribution in [0.1, 0.15) is 26.3 Å². The summed E-state index contributed by atoms with van der Waals surface area (Å²) in [6, 6.07) is 1.78. The van der Waals surface area contributed by atoms with Gasteiger partial charge < -0.3 is 14.6 Å². The summed E-state index contributed by atoms with van der Waals surface area (Å²) < 4.78 is 10.5. The molecule has 0 spiro atoms. The van der Waals surface area contributed by atoms with Crippen molar-refractivity contribution < 1.29 is 14.6 Å². The van der Waals surface area contributed by atoms with Crippen LogP contribution in [0.3, 0.4) is 0 Å². The molecule has 4 nitrogen and oxygen atoms in total. The van der Waals surface area contributed by atoms with Gasteiger partial charge in [-0.1, -0.05) is 0 Å². The average molecular weight is 225 g/mol. The Labute approximate surface area is 96.2 Å². The molecule has 0 aliphatic heterocycles. The fraction of sp³-hybridized carbons (Fsp3) is 0.583. The van der Waals surface area contributed by atoms with E-state index in [1.54, 1.807) is 32.5 Å². The van der Waals surface area contributed by atoms with Gasteiger partial charge in [-0.05, 0) is 26.8 Å². The Bertz CT molecular complexity index is 339. The molecule has 1 heterocycles. The van der Waals surface area contributed by atoms with Crippen LogP contribution in [0.25, 0.3) is 0 Å². The molecule has 0 aromatic carbocycles. The molecule has 1 N–H and O–H groups in total. The second kappa shape index (κ2) is 5.27. The van der Waals surface area contributed by atoms with Crippen LogP contribution in [-0.2, 0) is 10.3 Å². The number of hydrogen-bond acceptors (Lipinski definition) is 4. The molecular formula is C12H19NO3. The molecule has 0 bridgehead atoms. The van der Waals surface area contributed by atoms with Gasteiger partial charge in [-0.25, -0.2) is 0 Å². The van der Waals surface area contributed by atoms with Gasteiger partial charge >= 0.3 is 0 Å². The molecule has 90 valence electrons. The standard InChI is InChI=1S/C12H19NO3/c1-5-16-11-6-10(7-13-8-11)12(3,14)9(2)15-4/h6-9,14H,5H2,1-4H3. The van der Waals surface area contributed by atoms with Crippen molar-refractivity contribution in [3.63, 3.8) is 0 Å². The van der Waals surface area contributed by atoms with E-state index in [9.17, 15) is 5.11 Å². The first-order valence-corrected chi connectivity index (χ1v) is 5.35. The first-order valence-electron chi connectivity index (χ1n) is 5.35. The van der Waals surface area contributed by atoms with Crippen molar-refractivity contribution in [3.8, 4) is 5.75 Å². The molecule has 1 rings (SSSR count). The van der Waals surface area contributed by atoms with Crippen LogP contribution in [0.15, 0.2) is 18.5 Å². The van der Waals surface area contributed by atoms with Crippen LogP contribution in [0.5, 0.6) is 5.75 Å². The zero-order valence-electron chi connectivity index (χ0n) is 10.2. The van der Waals surface area contributed by atoms with Gasteiger partial charge in [0, 0.05) is 18.9 Å². The normalized spacial score (nSPS) is 16.6. The Morgan fingerprint density at radius 3 is 2.75 bits per heavy atom. The van der Waals surface area contributed by atoms with E-state index in [4.69, 9.17) is 9.47 Å². The van der Waals surface area contributed by atoms with E-state index < -0.39 is 5.60 Å². The highest BCUT2D eigenvalue weighted by atomic mass is 16.5. The van der Waals surface area contributed by atoms with Crippen LogP contribution >= 0.6 is 0 Å².